The van der Waals surface area contributed by atoms with Crippen molar-refractivity contribution in [1.82, 2.24) is 15.5 Å². The number of hydrogen-bond donors (Lipinski definition) is 2. The van der Waals surface area contributed by atoms with E-state index in [0.29, 0.717) is 12.5 Å². The van der Waals surface area contributed by atoms with Crippen molar-refractivity contribution in [3.63, 3.8) is 0 Å². The molecule has 1 aromatic heterocycles. The van der Waals surface area contributed by atoms with Gasteiger partial charge in [0.1, 0.15) is 5.76 Å². The standard InChI is InChI=1S/C21H36N4O3.HI/c1-2-22-21(23-9-6-12-26-16-18-8-14-27-17-18)24-15-19(20-7-5-13-28-20)25-10-3-4-11-25;/h5,7,13,18-19H,2-4,6,8-12,14-17H2,1H3,(H2,22,23,24);1H. The van der Waals surface area contributed by atoms with E-state index in [1.807, 2.05) is 6.07 Å². The third-order valence-corrected chi connectivity index (χ3v) is 5.36. The Morgan fingerprint density at radius 3 is 2.90 bits per heavy atom. The SMILES string of the molecule is CCNC(=NCC(c1ccco1)N1CCCC1)NCCCOCC1CCOC1.I. The van der Waals surface area contributed by atoms with Crippen LogP contribution in [0.25, 0.3) is 0 Å². The first kappa shape index (κ1) is 24.4. The molecule has 2 saturated heterocycles. The van der Waals surface area contributed by atoms with E-state index < -0.39 is 0 Å². The highest BCUT2D eigenvalue weighted by atomic mass is 127. The summed E-state index contributed by atoms with van der Waals surface area (Å²) in [6.07, 6.45) is 6.36. The van der Waals surface area contributed by atoms with Crippen molar-refractivity contribution in [2.75, 3.05) is 59.2 Å². The fraction of sp³-hybridized carbons (Fsp3) is 0.762. The Labute approximate surface area is 192 Å². The molecule has 2 atom stereocenters. The van der Waals surface area contributed by atoms with Gasteiger partial charge in [-0.2, -0.15) is 0 Å². The zero-order valence-electron chi connectivity index (χ0n) is 17.6. The smallest absolute Gasteiger partial charge is 0.191 e. The fourth-order valence-electron chi connectivity index (χ4n) is 3.78. The molecular formula is C21H37IN4O3. The predicted molar refractivity (Wildman–Crippen MR) is 126 cm³/mol. The Morgan fingerprint density at radius 2 is 2.21 bits per heavy atom. The molecule has 1 aromatic rings. The Balaban J connectivity index is 0.00000300. The summed E-state index contributed by atoms with van der Waals surface area (Å²) in [6, 6.07) is 4.24. The minimum absolute atomic E-state index is 0. The number of furan rings is 1. The van der Waals surface area contributed by atoms with Gasteiger partial charge in [0.15, 0.2) is 5.96 Å². The Bertz CT molecular complexity index is 558. The van der Waals surface area contributed by atoms with Crippen LogP contribution in [0.15, 0.2) is 27.8 Å². The highest BCUT2D eigenvalue weighted by Crippen LogP contribution is 2.25. The predicted octanol–water partition coefficient (Wildman–Crippen LogP) is 3.03. The second kappa shape index (κ2) is 14.2. The largest absolute Gasteiger partial charge is 0.468 e. The average Bonchev–Trinajstić information content (AvgIpc) is 3.48. The molecule has 29 heavy (non-hydrogen) atoms. The molecule has 3 heterocycles. The van der Waals surface area contributed by atoms with Gasteiger partial charge in [-0.05, 0) is 57.8 Å². The molecule has 0 amide bonds. The second-order valence-corrected chi connectivity index (χ2v) is 7.58. The number of ether oxygens (including phenoxy) is 2. The van der Waals surface area contributed by atoms with Crippen molar-refractivity contribution in [3.05, 3.63) is 24.2 Å². The van der Waals surface area contributed by atoms with Crippen molar-refractivity contribution < 1.29 is 13.9 Å². The lowest BCUT2D eigenvalue weighted by Crippen LogP contribution is -2.39. The van der Waals surface area contributed by atoms with Gasteiger partial charge in [0.2, 0.25) is 0 Å². The summed E-state index contributed by atoms with van der Waals surface area (Å²) >= 11 is 0. The van der Waals surface area contributed by atoms with Crippen molar-refractivity contribution in [3.8, 4) is 0 Å². The van der Waals surface area contributed by atoms with Gasteiger partial charge in [0, 0.05) is 32.2 Å². The Kier molecular flexibility index (Phi) is 12.0. The third kappa shape index (κ3) is 8.43. The maximum atomic E-state index is 5.77. The lowest BCUT2D eigenvalue weighted by atomic mass is 10.1. The molecule has 0 spiro atoms. The number of likely N-dealkylation sites (tertiary alicyclic amines) is 1. The molecule has 0 aliphatic carbocycles. The summed E-state index contributed by atoms with van der Waals surface area (Å²) in [4.78, 5) is 7.31. The van der Waals surface area contributed by atoms with Crippen LogP contribution >= 0.6 is 24.0 Å². The van der Waals surface area contributed by atoms with Gasteiger partial charge in [0.25, 0.3) is 0 Å². The fourth-order valence-corrected chi connectivity index (χ4v) is 3.78. The molecule has 166 valence electrons. The van der Waals surface area contributed by atoms with E-state index in [1.54, 1.807) is 6.26 Å². The molecule has 2 aliphatic rings. The molecule has 0 radical (unpaired) electrons. The molecule has 8 heteroatoms. The van der Waals surface area contributed by atoms with Gasteiger partial charge in [-0.1, -0.05) is 0 Å². The summed E-state index contributed by atoms with van der Waals surface area (Å²) in [5.74, 6) is 2.45. The lowest BCUT2D eigenvalue weighted by molar-refractivity contribution is 0.0888. The van der Waals surface area contributed by atoms with Crippen molar-refractivity contribution in [1.29, 1.82) is 0 Å². The summed E-state index contributed by atoms with van der Waals surface area (Å²) in [5.41, 5.74) is 0. The average molecular weight is 520 g/mol. The molecule has 2 N–H and O–H groups in total. The van der Waals surface area contributed by atoms with E-state index in [1.165, 1.54) is 12.8 Å². The van der Waals surface area contributed by atoms with E-state index in [-0.39, 0.29) is 30.0 Å². The van der Waals surface area contributed by atoms with Gasteiger partial charge in [-0.15, -0.1) is 24.0 Å². The molecule has 0 aromatic carbocycles. The zero-order valence-corrected chi connectivity index (χ0v) is 19.9. The number of guanidine groups is 1. The van der Waals surface area contributed by atoms with Gasteiger partial charge in [-0.25, -0.2) is 0 Å². The van der Waals surface area contributed by atoms with Crippen LogP contribution in [0.1, 0.15) is 44.4 Å². The monoisotopic (exact) mass is 520 g/mol. The van der Waals surface area contributed by atoms with Crippen molar-refractivity contribution >= 4 is 29.9 Å². The Hall–Kier alpha value is -0.840. The van der Waals surface area contributed by atoms with E-state index in [2.05, 4.69) is 28.5 Å². The minimum Gasteiger partial charge on any atom is -0.468 e. The lowest BCUT2D eigenvalue weighted by Gasteiger charge is -2.24. The minimum atomic E-state index is 0. The Morgan fingerprint density at radius 1 is 1.34 bits per heavy atom. The van der Waals surface area contributed by atoms with Crippen LogP contribution in [-0.4, -0.2) is 70.0 Å². The molecule has 0 saturated carbocycles. The van der Waals surface area contributed by atoms with Crippen LogP contribution in [0.2, 0.25) is 0 Å². The topological polar surface area (TPSA) is 71.3 Å². The molecule has 3 rings (SSSR count). The number of nitrogens with zero attached hydrogens (tertiary/aromatic N) is 2. The van der Waals surface area contributed by atoms with Crippen LogP contribution in [0.4, 0.5) is 0 Å². The van der Waals surface area contributed by atoms with Gasteiger partial charge in [0.05, 0.1) is 32.1 Å². The molecule has 0 bridgehead atoms. The maximum Gasteiger partial charge on any atom is 0.191 e. The summed E-state index contributed by atoms with van der Waals surface area (Å²) in [6.45, 7) is 10.0. The molecule has 2 unspecified atom stereocenters. The molecule has 2 aliphatic heterocycles. The first-order chi connectivity index (χ1) is 13.9. The van der Waals surface area contributed by atoms with E-state index >= 15 is 0 Å². The first-order valence-corrected chi connectivity index (χ1v) is 10.8. The second-order valence-electron chi connectivity index (χ2n) is 7.58. The normalized spacial score (nSPS) is 21.1. The number of halogens is 1. The third-order valence-electron chi connectivity index (χ3n) is 5.36. The van der Waals surface area contributed by atoms with Crippen LogP contribution in [0, 0.1) is 5.92 Å². The quantitative estimate of drug-likeness (QED) is 0.202. The van der Waals surface area contributed by atoms with Gasteiger partial charge in [-0.3, -0.25) is 9.89 Å². The molecule has 7 nitrogen and oxygen atoms in total. The van der Waals surface area contributed by atoms with Crippen molar-refractivity contribution in [2.24, 2.45) is 10.9 Å². The van der Waals surface area contributed by atoms with Gasteiger partial charge >= 0.3 is 0 Å². The summed E-state index contributed by atoms with van der Waals surface area (Å²) < 4.78 is 16.8. The molecule has 2 fully saturated rings. The van der Waals surface area contributed by atoms with Crippen LogP contribution in [0.3, 0.4) is 0 Å². The highest BCUT2D eigenvalue weighted by molar-refractivity contribution is 14.0. The zero-order chi connectivity index (χ0) is 19.4. The molecular weight excluding hydrogens is 483 g/mol. The van der Waals surface area contributed by atoms with E-state index in [4.69, 9.17) is 18.9 Å². The van der Waals surface area contributed by atoms with Crippen molar-refractivity contribution in [2.45, 2.75) is 38.6 Å². The number of rotatable bonds is 11. The van der Waals surface area contributed by atoms with Crippen LogP contribution < -0.4 is 10.6 Å². The van der Waals surface area contributed by atoms with Crippen LogP contribution in [0.5, 0.6) is 0 Å². The number of nitrogens with one attached hydrogen (secondary N) is 2. The van der Waals surface area contributed by atoms with Crippen LogP contribution in [-0.2, 0) is 9.47 Å². The highest BCUT2D eigenvalue weighted by Gasteiger charge is 2.25. The number of aliphatic imine (C=N–C) groups is 1. The number of hydrogen-bond acceptors (Lipinski definition) is 5. The van der Waals surface area contributed by atoms with Gasteiger partial charge < -0.3 is 24.5 Å². The first-order valence-electron chi connectivity index (χ1n) is 10.8. The summed E-state index contributed by atoms with van der Waals surface area (Å²) in [5, 5.41) is 6.77. The maximum absolute atomic E-state index is 5.77. The van der Waals surface area contributed by atoms with E-state index in [0.717, 1.165) is 77.2 Å². The summed E-state index contributed by atoms with van der Waals surface area (Å²) in [7, 11) is 0. The van der Waals surface area contributed by atoms with E-state index in [9.17, 15) is 0 Å².